The fourth-order valence-corrected chi connectivity index (χ4v) is 3.99. The molecule has 8 heteroatoms. The number of H-pyrrole nitrogens is 1. The van der Waals surface area contributed by atoms with Crippen LogP contribution < -0.4 is 5.32 Å². The molecule has 1 aromatic heterocycles. The van der Waals surface area contributed by atoms with Gasteiger partial charge in [0.15, 0.2) is 5.78 Å². The fourth-order valence-electron chi connectivity index (χ4n) is 3.99. The normalized spacial score (nSPS) is 11.7. The van der Waals surface area contributed by atoms with Gasteiger partial charge in [0.25, 0.3) is 0 Å². The van der Waals surface area contributed by atoms with Crippen molar-refractivity contribution in [2.75, 3.05) is 5.32 Å². The van der Waals surface area contributed by atoms with E-state index in [9.17, 15) is 14.7 Å². The number of nitrogens with one attached hydrogen (secondary N) is 2. The molecule has 0 radical (unpaired) electrons. The zero-order valence-electron chi connectivity index (χ0n) is 18.9. The van der Waals surface area contributed by atoms with E-state index in [4.69, 9.17) is 0 Å². The van der Waals surface area contributed by atoms with Crippen molar-refractivity contribution < 1.29 is 14.7 Å². The highest BCUT2D eigenvalue weighted by Gasteiger charge is 2.25. The lowest BCUT2D eigenvalue weighted by molar-refractivity contribution is -0.119. The van der Waals surface area contributed by atoms with Crippen molar-refractivity contribution in [1.29, 1.82) is 0 Å². The highest BCUT2D eigenvalue weighted by molar-refractivity contribution is 5.97. The van der Waals surface area contributed by atoms with Crippen LogP contribution in [-0.4, -0.2) is 37.5 Å². The van der Waals surface area contributed by atoms with Crippen molar-refractivity contribution in [1.82, 2.24) is 20.6 Å². The van der Waals surface area contributed by atoms with E-state index in [1.165, 1.54) is 6.07 Å². The predicted molar refractivity (Wildman–Crippen MR) is 129 cm³/mol. The Morgan fingerprint density at radius 3 is 2.50 bits per heavy atom. The number of hydrogen-bond acceptors (Lipinski definition) is 6. The predicted octanol–water partition coefficient (Wildman–Crippen LogP) is 5.06. The fraction of sp³-hybridized carbons (Fsp3) is 0.192. The van der Waals surface area contributed by atoms with Crippen molar-refractivity contribution in [3.8, 4) is 22.5 Å². The number of carbonyl (C=O) groups is 2. The van der Waals surface area contributed by atoms with Crippen molar-refractivity contribution in [3.63, 3.8) is 0 Å². The van der Waals surface area contributed by atoms with E-state index < -0.39 is 12.0 Å². The van der Waals surface area contributed by atoms with Gasteiger partial charge < -0.3 is 10.4 Å². The van der Waals surface area contributed by atoms with Gasteiger partial charge in [0.05, 0.1) is 11.3 Å². The molecule has 0 bridgehead atoms. The summed E-state index contributed by atoms with van der Waals surface area (Å²) in [6, 6.07) is 19.8. The number of aromatic amines is 1. The molecule has 0 saturated carbocycles. The number of ketones is 1. The Kier molecular flexibility index (Phi) is 6.77. The summed E-state index contributed by atoms with van der Waals surface area (Å²) in [6.07, 6.45) is 1.03. The first kappa shape index (κ1) is 22.8. The number of para-hydroxylation sites is 1. The zero-order chi connectivity index (χ0) is 24.1. The van der Waals surface area contributed by atoms with Crippen molar-refractivity contribution in [3.05, 3.63) is 83.4 Å². The summed E-state index contributed by atoms with van der Waals surface area (Å²) in [4.78, 5) is 25.1. The van der Waals surface area contributed by atoms with Crippen LogP contribution in [0, 0.1) is 6.92 Å². The van der Waals surface area contributed by atoms with Crippen LogP contribution in [0.4, 0.5) is 5.69 Å². The third-order valence-electron chi connectivity index (χ3n) is 5.66. The van der Waals surface area contributed by atoms with E-state index in [2.05, 4.69) is 25.9 Å². The third-order valence-corrected chi connectivity index (χ3v) is 5.66. The summed E-state index contributed by atoms with van der Waals surface area (Å²) in [5.74, 6) is -0.682. The number of Topliss-reactive ketones (excluding diaryl/α,β-unsaturated/α-hetero) is 1. The van der Waals surface area contributed by atoms with Gasteiger partial charge in [0.2, 0.25) is 5.82 Å². The second-order valence-electron chi connectivity index (χ2n) is 8.00. The maximum atomic E-state index is 13.2. The van der Waals surface area contributed by atoms with Crippen LogP contribution in [-0.2, 0) is 4.79 Å². The number of anilines is 1. The molecule has 0 fully saturated rings. The molecule has 0 aliphatic heterocycles. The Balaban J connectivity index is 1.84. The van der Waals surface area contributed by atoms with Gasteiger partial charge in [-0.05, 0) is 52.9 Å². The van der Waals surface area contributed by atoms with E-state index >= 15 is 0 Å². The van der Waals surface area contributed by atoms with Gasteiger partial charge in [-0.3, -0.25) is 4.79 Å². The van der Waals surface area contributed by atoms with Gasteiger partial charge in [-0.25, -0.2) is 4.79 Å². The summed E-state index contributed by atoms with van der Waals surface area (Å²) in [5, 5.41) is 27.4. The Morgan fingerprint density at radius 2 is 1.82 bits per heavy atom. The zero-order valence-corrected chi connectivity index (χ0v) is 18.9. The quantitative estimate of drug-likeness (QED) is 0.322. The number of nitrogens with zero attached hydrogens (tertiary/aromatic N) is 3. The molecule has 4 aromatic rings. The topological polar surface area (TPSA) is 121 Å². The minimum Gasteiger partial charge on any atom is -0.478 e. The largest absolute Gasteiger partial charge is 0.478 e. The van der Waals surface area contributed by atoms with Crippen molar-refractivity contribution >= 4 is 17.4 Å². The Labute approximate surface area is 197 Å². The number of aromatic nitrogens is 4. The van der Waals surface area contributed by atoms with E-state index in [-0.39, 0.29) is 11.3 Å². The number of carboxylic acid groups (broad SMARTS) is 1. The van der Waals surface area contributed by atoms with E-state index in [0.29, 0.717) is 29.9 Å². The first-order chi connectivity index (χ1) is 16.5. The minimum atomic E-state index is -1.06. The van der Waals surface area contributed by atoms with E-state index in [0.717, 1.165) is 22.3 Å². The number of carbonyl (C=O) groups excluding carboxylic acids is 1. The summed E-state index contributed by atoms with van der Waals surface area (Å²) in [6.45, 7) is 3.76. The first-order valence-corrected chi connectivity index (χ1v) is 11.0. The van der Waals surface area contributed by atoms with E-state index in [1.807, 2.05) is 68.4 Å². The lowest BCUT2D eigenvalue weighted by atomic mass is 9.92. The van der Waals surface area contributed by atoms with E-state index in [1.54, 1.807) is 6.07 Å². The molecule has 172 valence electrons. The van der Waals surface area contributed by atoms with Gasteiger partial charge in [-0.15, -0.1) is 10.2 Å². The molecule has 0 amide bonds. The Morgan fingerprint density at radius 1 is 1.03 bits per heavy atom. The van der Waals surface area contributed by atoms with Gasteiger partial charge in [0.1, 0.15) is 6.04 Å². The second kappa shape index (κ2) is 10.1. The average molecular weight is 456 g/mol. The Hall–Kier alpha value is -4.33. The van der Waals surface area contributed by atoms with Gasteiger partial charge in [-0.1, -0.05) is 61.5 Å². The molecule has 4 rings (SSSR count). The smallest absolute Gasteiger partial charge is 0.337 e. The number of aromatic carboxylic acids is 1. The van der Waals surface area contributed by atoms with Crippen LogP contribution in [0.25, 0.3) is 22.5 Å². The monoisotopic (exact) mass is 455 g/mol. The number of rotatable bonds is 9. The molecule has 8 nitrogen and oxygen atoms in total. The third kappa shape index (κ3) is 4.71. The summed E-state index contributed by atoms with van der Waals surface area (Å²) in [5.41, 5.74) is 4.58. The highest BCUT2D eigenvalue weighted by atomic mass is 16.4. The number of tetrazole rings is 1. The Bertz CT molecular complexity index is 1300. The molecule has 0 aliphatic carbocycles. The molecule has 0 saturated heterocycles. The van der Waals surface area contributed by atoms with Gasteiger partial charge in [-0.2, -0.15) is 5.21 Å². The number of aryl methyl sites for hydroxylation is 1. The molecular weight excluding hydrogens is 430 g/mol. The molecule has 0 aliphatic rings. The summed E-state index contributed by atoms with van der Waals surface area (Å²) >= 11 is 0. The maximum absolute atomic E-state index is 13.2. The molecule has 1 atom stereocenters. The first-order valence-electron chi connectivity index (χ1n) is 11.0. The molecule has 0 unspecified atom stereocenters. The molecule has 0 spiro atoms. The number of carboxylic acids is 1. The molecule has 3 N–H and O–H groups in total. The molecule has 1 heterocycles. The average Bonchev–Trinajstić information content (AvgIpc) is 3.38. The molecule has 34 heavy (non-hydrogen) atoms. The van der Waals surface area contributed by atoms with Crippen LogP contribution in [0.1, 0.15) is 47.3 Å². The van der Waals surface area contributed by atoms with Crippen molar-refractivity contribution in [2.24, 2.45) is 0 Å². The van der Waals surface area contributed by atoms with Crippen LogP contribution in [0.2, 0.25) is 0 Å². The van der Waals surface area contributed by atoms with Crippen LogP contribution in [0.15, 0.2) is 66.7 Å². The second-order valence-corrected chi connectivity index (χ2v) is 8.00. The molecular formula is C26H25N5O3. The van der Waals surface area contributed by atoms with Gasteiger partial charge >= 0.3 is 5.97 Å². The van der Waals surface area contributed by atoms with Crippen LogP contribution in [0.5, 0.6) is 0 Å². The van der Waals surface area contributed by atoms with Crippen molar-refractivity contribution in [2.45, 2.75) is 32.7 Å². The number of benzene rings is 3. The lowest BCUT2D eigenvalue weighted by Crippen LogP contribution is -2.23. The molecule has 3 aromatic carbocycles. The lowest BCUT2D eigenvalue weighted by Gasteiger charge is -2.23. The van der Waals surface area contributed by atoms with Crippen LogP contribution in [0.3, 0.4) is 0 Å². The summed E-state index contributed by atoms with van der Waals surface area (Å²) in [7, 11) is 0. The van der Waals surface area contributed by atoms with Crippen LogP contribution >= 0.6 is 0 Å². The van der Waals surface area contributed by atoms with Gasteiger partial charge in [0, 0.05) is 12.0 Å². The highest BCUT2D eigenvalue weighted by Crippen LogP contribution is 2.34. The SMILES string of the molecule is CCCC(=O)[C@@H](Nc1c(C)cccc1C(=O)O)c1ccc(-c2ccccc2)c(-c2nn[nH]n2)c1. The minimum absolute atomic E-state index is 0.0337. The maximum Gasteiger partial charge on any atom is 0.337 e. The standard InChI is InChI=1S/C26H25N5O3/c1-3-8-22(32)24(27-23-16(2)9-7-12-20(23)26(33)34)18-13-14-19(17-10-5-4-6-11-17)21(15-18)25-28-30-31-29-25/h4-7,9-15,24,27H,3,8H2,1-2H3,(H,33,34)(H,28,29,30,31)/t24-/m0/s1. The summed E-state index contributed by atoms with van der Waals surface area (Å²) < 4.78 is 0. The number of hydrogen-bond donors (Lipinski definition) is 3.